The molecule has 0 aromatic carbocycles. The Morgan fingerprint density at radius 3 is 1.38 bits per heavy atom. The molecule has 0 bridgehead atoms. The summed E-state index contributed by atoms with van der Waals surface area (Å²) in [7, 11) is 0. The van der Waals surface area contributed by atoms with Gasteiger partial charge < -0.3 is 0 Å². The van der Waals surface area contributed by atoms with Crippen LogP contribution < -0.4 is 0 Å². The van der Waals surface area contributed by atoms with Crippen LogP contribution in [0.5, 0.6) is 0 Å². The van der Waals surface area contributed by atoms with Crippen molar-refractivity contribution >= 4 is 37.7 Å². The molecule has 0 fully saturated rings. The fraction of sp³-hybridized carbons (Fsp3) is 0. The molecule has 8 heavy (non-hydrogen) atoms. The van der Waals surface area contributed by atoms with E-state index in [2.05, 4.69) is 4.94 Å². The predicted octanol–water partition coefficient (Wildman–Crippen LogP) is -0.994. The summed E-state index contributed by atoms with van der Waals surface area (Å²) in [6.07, 6.45) is 0. The number of nitrogens with zero attached hydrogens (tertiary/aromatic N) is 2. The number of hydrogen-bond donors (Lipinski definition) is 0. The summed E-state index contributed by atoms with van der Waals surface area (Å²) >= 11 is 0. The van der Waals surface area contributed by atoms with E-state index in [0.717, 1.165) is 0 Å². The maximum atomic E-state index is 8.95. The van der Waals surface area contributed by atoms with Crippen LogP contribution in [-0.2, 0) is 4.94 Å². The SMILES string of the molecule is O=[N+]([O-])O[N+](=O)[O-].[Ca]. The van der Waals surface area contributed by atoms with Gasteiger partial charge in [0.25, 0.3) is 0 Å². The first-order chi connectivity index (χ1) is 3.13. The van der Waals surface area contributed by atoms with Gasteiger partial charge >= 0.3 is 10.2 Å². The topological polar surface area (TPSA) is 95.5 Å². The van der Waals surface area contributed by atoms with E-state index in [-0.39, 0.29) is 37.7 Å². The smallest absolute Gasteiger partial charge is 0.105 e. The summed E-state index contributed by atoms with van der Waals surface area (Å²) in [5, 5.41) is 14.9. The zero-order chi connectivity index (χ0) is 5.86. The third kappa shape index (κ3) is 9.29. The molecule has 42 valence electrons. The quantitative estimate of drug-likeness (QED) is 0.284. The summed E-state index contributed by atoms with van der Waals surface area (Å²) in [5.74, 6) is 0. The van der Waals surface area contributed by atoms with Crippen LogP contribution in [-0.4, -0.2) is 47.9 Å². The minimum absolute atomic E-state index is 0. The van der Waals surface area contributed by atoms with Crippen LogP contribution in [0.15, 0.2) is 0 Å². The van der Waals surface area contributed by atoms with Crippen molar-refractivity contribution in [1.82, 2.24) is 0 Å². The molecule has 0 rings (SSSR count). The van der Waals surface area contributed by atoms with Crippen LogP contribution in [0.25, 0.3) is 0 Å². The zero-order valence-corrected chi connectivity index (χ0v) is 5.85. The second-order valence-corrected chi connectivity index (χ2v) is 0.529. The molecule has 0 aliphatic rings. The van der Waals surface area contributed by atoms with Gasteiger partial charge in [0.15, 0.2) is 0 Å². The molecule has 0 N–H and O–H groups in total. The number of rotatable bonds is 2. The van der Waals surface area contributed by atoms with Crippen LogP contribution >= 0.6 is 0 Å². The van der Waals surface area contributed by atoms with Crippen LogP contribution in [0, 0.1) is 20.2 Å². The summed E-state index contributed by atoms with van der Waals surface area (Å²) in [6.45, 7) is 0. The largest absolute Gasteiger partial charge is 0.356 e. The minimum Gasteiger partial charge on any atom is -0.105 e. The van der Waals surface area contributed by atoms with E-state index in [1.807, 2.05) is 0 Å². The Labute approximate surface area is 72.8 Å². The van der Waals surface area contributed by atoms with Crippen molar-refractivity contribution in [2.24, 2.45) is 0 Å². The van der Waals surface area contributed by atoms with Crippen molar-refractivity contribution in [2.75, 3.05) is 0 Å². The van der Waals surface area contributed by atoms with Gasteiger partial charge in [0, 0.05) is 42.7 Å². The maximum Gasteiger partial charge on any atom is 0.356 e. The zero-order valence-electron chi connectivity index (χ0n) is 3.64. The van der Waals surface area contributed by atoms with Gasteiger partial charge in [0.1, 0.15) is 0 Å². The molecule has 0 saturated heterocycles. The molecule has 0 heterocycles. The van der Waals surface area contributed by atoms with Crippen molar-refractivity contribution < 1.29 is 15.1 Å². The van der Waals surface area contributed by atoms with Crippen LogP contribution in [0.1, 0.15) is 0 Å². The Morgan fingerprint density at radius 2 is 1.38 bits per heavy atom. The molecule has 0 aromatic heterocycles. The van der Waals surface area contributed by atoms with Gasteiger partial charge in [-0.05, 0) is 0 Å². The van der Waals surface area contributed by atoms with Gasteiger partial charge in [-0.25, -0.2) is 0 Å². The van der Waals surface area contributed by atoms with E-state index in [4.69, 9.17) is 20.2 Å². The Kier molecular flexibility index (Phi) is 6.74. The molecule has 8 heteroatoms. The third-order valence-electron chi connectivity index (χ3n) is 0.133. The second-order valence-electron chi connectivity index (χ2n) is 0.529. The van der Waals surface area contributed by atoms with Gasteiger partial charge in [0.2, 0.25) is 0 Å². The van der Waals surface area contributed by atoms with Crippen molar-refractivity contribution in [3.05, 3.63) is 20.2 Å². The van der Waals surface area contributed by atoms with E-state index in [9.17, 15) is 0 Å². The Morgan fingerprint density at radius 1 is 1.12 bits per heavy atom. The molecular formula is CaN2O5. The molecule has 0 unspecified atom stereocenters. The first kappa shape index (κ1) is 10.8. The van der Waals surface area contributed by atoms with E-state index in [0.29, 0.717) is 0 Å². The van der Waals surface area contributed by atoms with Gasteiger partial charge in [-0.15, -0.1) is 20.2 Å². The summed E-state index contributed by atoms with van der Waals surface area (Å²) in [4.78, 5) is 20.6. The summed E-state index contributed by atoms with van der Waals surface area (Å²) < 4.78 is 0. The standard InChI is InChI=1S/Ca.N2O5/c;3-1(4)7-2(5)6. The molecule has 0 amide bonds. The second kappa shape index (κ2) is 5.01. The van der Waals surface area contributed by atoms with Crippen molar-refractivity contribution in [3.8, 4) is 0 Å². The molecule has 0 aliphatic heterocycles. The molecule has 0 saturated carbocycles. The molecule has 0 aliphatic carbocycles. The Bertz CT molecular complexity index is 86.6. The van der Waals surface area contributed by atoms with E-state index in [1.54, 1.807) is 0 Å². The summed E-state index contributed by atoms with van der Waals surface area (Å²) in [6, 6.07) is 0. The molecule has 2 radical (unpaired) electrons. The van der Waals surface area contributed by atoms with Crippen molar-refractivity contribution in [1.29, 1.82) is 0 Å². The minimum atomic E-state index is -1.50. The monoisotopic (exact) mass is 148 g/mol. The molecule has 7 nitrogen and oxygen atoms in total. The van der Waals surface area contributed by atoms with Gasteiger partial charge in [-0.3, -0.25) is 0 Å². The maximum absolute atomic E-state index is 8.95. The molecule has 0 aromatic rings. The van der Waals surface area contributed by atoms with Gasteiger partial charge in [-0.2, -0.15) is 0 Å². The first-order valence-corrected chi connectivity index (χ1v) is 1.10. The molecular weight excluding hydrogens is 148 g/mol. The fourth-order valence-corrected chi connectivity index (χ4v) is 0.0544. The third-order valence-corrected chi connectivity index (χ3v) is 0.133. The Balaban J connectivity index is 0. The number of hydrogen-bond acceptors (Lipinski definition) is 5. The predicted molar refractivity (Wildman–Crippen MR) is 20.8 cm³/mol. The average Bonchev–Trinajstić information content (AvgIpc) is 1.27. The van der Waals surface area contributed by atoms with E-state index < -0.39 is 10.2 Å². The molecule has 0 spiro atoms. The van der Waals surface area contributed by atoms with Crippen molar-refractivity contribution in [2.45, 2.75) is 0 Å². The Hall–Kier alpha value is -0.140. The van der Waals surface area contributed by atoms with E-state index in [1.165, 1.54) is 0 Å². The van der Waals surface area contributed by atoms with Crippen LogP contribution in [0.3, 0.4) is 0 Å². The summed E-state index contributed by atoms with van der Waals surface area (Å²) in [5.41, 5.74) is 0. The first-order valence-electron chi connectivity index (χ1n) is 1.10. The normalized spacial score (nSPS) is 6.50. The fourth-order valence-electron chi connectivity index (χ4n) is 0.0544. The van der Waals surface area contributed by atoms with Gasteiger partial charge in [-0.1, -0.05) is 0 Å². The van der Waals surface area contributed by atoms with E-state index >= 15 is 0 Å². The van der Waals surface area contributed by atoms with Crippen molar-refractivity contribution in [3.63, 3.8) is 0 Å². The average molecular weight is 148 g/mol. The van der Waals surface area contributed by atoms with Crippen LogP contribution in [0.4, 0.5) is 0 Å². The van der Waals surface area contributed by atoms with Crippen LogP contribution in [0.2, 0.25) is 0 Å². The van der Waals surface area contributed by atoms with Gasteiger partial charge in [0.05, 0.1) is 0 Å². The molecule has 0 atom stereocenters.